The minimum absolute atomic E-state index is 0.0157. The molecule has 1 atom stereocenters. The second kappa shape index (κ2) is 7.32. The summed E-state index contributed by atoms with van der Waals surface area (Å²) in [4.78, 5) is 24.7. The summed E-state index contributed by atoms with van der Waals surface area (Å²) >= 11 is 0. The molecule has 2 N–H and O–H groups in total. The highest BCUT2D eigenvalue weighted by Gasteiger charge is 2.39. The van der Waals surface area contributed by atoms with Crippen LogP contribution in [0.25, 0.3) is 0 Å². The summed E-state index contributed by atoms with van der Waals surface area (Å²) in [6.45, 7) is 9.70. The van der Waals surface area contributed by atoms with E-state index in [1.54, 1.807) is 16.8 Å². The second-order valence-corrected chi connectivity index (χ2v) is 7.52. The van der Waals surface area contributed by atoms with E-state index in [2.05, 4.69) is 10.4 Å². The van der Waals surface area contributed by atoms with Crippen molar-refractivity contribution in [2.45, 2.75) is 52.0 Å². The van der Waals surface area contributed by atoms with Gasteiger partial charge in [0, 0.05) is 12.2 Å². The molecule has 6 heteroatoms. The maximum absolute atomic E-state index is 12.7. The number of hydrogen-bond acceptors (Lipinski definition) is 3. The van der Waals surface area contributed by atoms with E-state index in [4.69, 9.17) is 0 Å². The molecule has 0 aliphatic heterocycles. The minimum Gasteiger partial charge on any atom is -0.481 e. The summed E-state index contributed by atoms with van der Waals surface area (Å²) in [5, 5.41) is 17.0. The Bertz CT molecular complexity index is 790. The predicted molar refractivity (Wildman–Crippen MR) is 100 cm³/mol. The monoisotopic (exact) mass is 357 g/mol. The van der Waals surface area contributed by atoms with Gasteiger partial charge in [-0.05, 0) is 39.7 Å². The van der Waals surface area contributed by atoms with Gasteiger partial charge in [-0.3, -0.25) is 14.3 Å². The second-order valence-electron chi connectivity index (χ2n) is 7.52. The zero-order valence-corrected chi connectivity index (χ0v) is 16.0. The topological polar surface area (TPSA) is 84.2 Å². The van der Waals surface area contributed by atoms with Gasteiger partial charge in [0.15, 0.2) is 0 Å². The minimum atomic E-state index is -1.16. The number of carboxylic acid groups (broad SMARTS) is 1. The third-order valence-corrected chi connectivity index (χ3v) is 4.78. The van der Waals surface area contributed by atoms with E-state index in [1.807, 2.05) is 52.8 Å². The third kappa shape index (κ3) is 3.64. The molecule has 2 aromatic rings. The van der Waals surface area contributed by atoms with Crippen molar-refractivity contribution in [1.29, 1.82) is 0 Å². The van der Waals surface area contributed by atoms with Crippen LogP contribution in [0.1, 0.15) is 55.7 Å². The van der Waals surface area contributed by atoms with Crippen molar-refractivity contribution in [3.05, 3.63) is 53.3 Å². The number of nitrogens with zero attached hydrogens (tertiary/aromatic N) is 2. The van der Waals surface area contributed by atoms with Crippen molar-refractivity contribution in [2.24, 2.45) is 0 Å². The van der Waals surface area contributed by atoms with E-state index >= 15 is 0 Å². The normalized spacial score (nSPS) is 13.9. The first-order valence-corrected chi connectivity index (χ1v) is 8.75. The summed E-state index contributed by atoms with van der Waals surface area (Å²) in [6, 6.07) is 9.03. The summed E-state index contributed by atoms with van der Waals surface area (Å²) in [5.41, 5.74) is 0.499. The van der Waals surface area contributed by atoms with Crippen LogP contribution in [0.5, 0.6) is 0 Å². The number of amides is 1. The fraction of sp³-hybridized carbons (Fsp3) is 0.450. The highest BCUT2D eigenvalue weighted by Crippen LogP contribution is 2.28. The van der Waals surface area contributed by atoms with Crippen molar-refractivity contribution >= 4 is 11.9 Å². The third-order valence-electron chi connectivity index (χ3n) is 4.78. The molecule has 1 aromatic carbocycles. The highest BCUT2D eigenvalue weighted by atomic mass is 16.4. The van der Waals surface area contributed by atoms with Gasteiger partial charge in [0.25, 0.3) is 5.91 Å². The number of carbonyl (C=O) groups excluding carboxylic acids is 1. The fourth-order valence-corrected chi connectivity index (χ4v) is 3.17. The zero-order valence-electron chi connectivity index (χ0n) is 16.0. The molecule has 1 heterocycles. The molecule has 1 amide bonds. The van der Waals surface area contributed by atoms with Crippen LogP contribution >= 0.6 is 0 Å². The lowest BCUT2D eigenvalue weighted by atomic mass is 9.78. The first-order chi connectivity index (χ1) is 12.1. The first kappa shape index (κ1) is 19.7. The molecule has 0 aliphatic carbocycles. The molecule has 1 aromatic heterocycles. The number of carboxylic acids is 1. The molecule has 26 heavy (non-hydrogen) atoms. The van der Waals surface area contributed by atoms with Crippen molar-refractivity contribution in [3.8, 4) is 0 Å². The Morgan fingerprint density at radius 3 is 2.27 bits per heavy atom. The van der Waals surface area contributed by atoms with Gasteiger partial charge in [0.1, 0.15) is 5.41 Å². The Morgan fingerprint density at radius 2 is 1.81 bits per heavy atom. The van der Waals surface area contributed by atoms with E-state index in [9.17, 15) is 14.7 Å². The molecule has 0 saturated heterocycles. The van der Waals surface area contributed by atoms with Crippen molar-refractivity contribution in [2.75, 3.05) is 6.54 Å². The smallest absolute Gasteiger partial charge is 0.315 e. The van der Waals surface area contributed by atoms with Gasteiger partial charge < -0.3 is 10.4 Å². The lowest BCUT2D eigenvalue weighted by Crippen LogP contribution is -2.46. The number of hydrogen-bond donors (Lipinski definition) is 2. The van der Waals surface area contributed by atoms with Crippen molar-refractivity contribution in [3.63, 3.8) is 0 Å². The van der Waals surface area contributed by atoms with E-state index in [1.165, 1.54) is 6.20 Å². The van der Waals surface area contributed by atoms with Gasteiger partial charge in [-0.15, -0.1) is 0 Å². The van der Waals surface area contributed by atoms with Crippen LogP contribution in [0, 0.1) is 6.92 Å². The maximum Gasteiger partial charge on any atom is 0.315 e. The van der Waals surface area contributed by atoms with Gasteiger partial charge in [0.2, 0.25) is 0 Å². The molecular formula is C20H27N3O3. The molecule has 1 unspecified atom stereocenters. The van der Waals surface area contributed by atoms with Crippen LogP contribution in [0.15, 0.2) is 36.5 Å². The number of aromatic nitrogens is 2. The quantitative estimate of drug-likeness (QED) is 0.832. The van der Waals surface area contributed by atoms with Crippen molar-refractivity contribution in [1.82, 2.24) is 15.1 Å². The Labute approximate surface area is 154 Å². The van der Waals surface area contributed by atoms with Gasteiger partial charge >= 0.3 is 5.97 Å². The Morgan fingerprint density at radius 1 is 1.19 bits per heavy atom. The average Bonchev–Trinajstić information content (AvgIpc) is 2.98. The number of nitrogens with one attached hydrogen (secondary N) is 1. The van der Waals surface area contributed by atoms with Gasteiger partial charge in [-0.1, -0.05) is 37.3 Å². The summed E-state index contributed by atoms with van der Waals surface area (Å²) < 4.78 is 1.80. The van der Waals surface area contributed by atoms with E-state index < -0.39 is 11.4 Å². The molecule has 0 bridgehead atoms. The zero-order chi connectivity index (χ0) is 19.5. The molecule has 0 aliphatic rings. The number of carbonyl (C=O) groups is 2. The Kier molecular flexibility index (Phi) is 5.54. The lowest BCUT2D eigenvalue weighted by molar-refractivity contribution is -0.143. The average molecular weight is 357 g/mol. The first-order valence-electron chi connectivity index (χ1n) is 8.75. The number of rotatable bonds is 6. The molecule has 140 valence electrons. The molecule has 2 rings (SSSR count). The van der Waals surface area contributed by atoms with Gasteiger partial charge in [-0.25, -0.2) is 0 Å². The number of aliphatic carboxylic acids is 1. The van der Waals surface area contributed by atoms with E-state index in [-0.39, 0.29) is 18.0 Å². The largest absolute Gasteiger partial charge is 0.481 e. The van der Waals surface area contributed by atoms with Crippen molar-refractivity contribution < 1.29 is 14.7 Å². The molecule has 6 nitrogen and oxygen atoms in total. The van der Waals surface area contributed by atoms with Gasteiger partial charge in [-0.2, -0.15) is 5.10 Å². The summed E-state index contributed by atoms with van der Waals surface area (Å²) in [7, 11) is 0. The Hall–Kier alpha value is -2.63. The van der Waals surface area contributed by atoms with E-state index in [0.717, 1.165) is 5.69 Å². The Balaban J connectivity index is 2.26. The molecule has 0 saturated carbocycles. The van der Waals surface area contributed by atoms with Crippen LogP contribution < -0.4 is 5.32 Å². The fourth-order valence-electron chi connectivity index (χ4n) is 3.17. The van der Waals surface area contributed by atoms with Crippen LogP contribution in [0.4, 0.5) is 0 Å². The maximum atomic E-state index is 12.7. The number of benzene rings is 1. The standard InChI is InChI=1S/C20H27N3O3/c1-6-20(18(25)26,15-10-8-7-9-11-15)13-21-17(24)16-12-22-23(14(16)2)19(3,4)5/h7-12H,6,13H2,1-5H3,(H,21,24)(H,25,26). The molecule has 0 spiro atoms. The lowest BCUT2D eigenvalue weighted by Gasteiger charge is -2.29. The van der Waals surface area contributed by atoms with Crippen LogP contribution in [-0.2, 0) is 15.7 Å². The highest BCUT2D eigenvalue weighted by molar-refractivity contribution is 5.95. The van der Waals surface area contributed by atoms with Crippen LogP contribution in [0.2, 0.25) is 0 Å². The summed E-state index contributed by atoms with van der Waals surface area (Å²) in [5.74, 6) is -1.26. The SMILES string of the molecule is CCC(CNC(=O)c1cnn(C(C)(C)C)c1C)(C(=O)O)c1ccccc1. The molecule has 0 fully saturated rings. The molecule has 0 radical (unpaired) electrons. The summed E-state index contributed by atoms with van der Waals surface area (Å²) in [6.07, 6.45) is 1.90. The van der Waals surface area contributed by atoms with Crippen LogP contribution in [-0.4, -0.2) is 33.3 Å². The predicted octanol–water partition coefficient (Wildman–Crippen LogP) is 3.11. The van der Waals surface area contributed by atoms with Crippen LogP contribution in [0.3, 0.4) is 0 Å². The van der Waals surface area contributed by atoms with Gasteiger partial charge in [0.05, 0.1) is 17.3 Å². The van der Waals surface area contributed by atoms with E-state index in [0.29, 0.717) is 17.5 Å². The molecular weight excluding hydrogens is 330 g/mol.